The van der Waals surface area contributed by atoms with Gasteiger partial charge in [0, 0.05) is 52.4 Å². The first-order valence-corrected chi connectivity index (χ1v) is 11.1. The van der Waals surface area contributed by atoms with E-state index in [9.17, 15) is 14.4 Å². The van der Waals surface area contributed by atoms with Crippen LogP contribution in [0.2, 0.25) is 0 Å². The van der Waals surface area contributed by atoms with Crippen LogP contribution in [-0.2, 0) is 18.3 Å². The van der Waals surface area contributed by atoms with E-state index in [2.05, 4.69) is 9.80 Å². The number of furan rings is 2. The van der Waals surface area contributed by atoms with Crippen LogP contribution in [0.4, 0.5) is 5.69 Å². The van der Waals surface area contributed by atoms with Gasteiger partial charge in [0.15, 0.2) is 11.2 Å². The maximum Gasteiger partial charge on any atom is 0.341 e. The van der Waals surface area contributed by atoms with Gasteiger partial charge in [-0.05, 0) is 12.1 Å². The number of esters is 1. The summed E-state index contributed by atoms with van der Waals surface area (Å²) in [6, 6.07) is 9.45. The van der Waals surface area contributed by atoms with Gasteiger partial charge in [-0.3, -0.25) is 18.8 Å². The van der Waals surface area contributed by atoms with Crippen molar-refractivity contribution in [2.24, 2.45) is 7.05 Å². The molecule has 2 bridgehead atoms. The van der Waals surface area contributed by atoms with E-state index in [1.807, 2.05) is 24.3 Å². The standard InChI is InChI=1S/C24H26N4O6/c1-25-20-18-14-15(23(30)33-3)21(34-18)19(20)22(29)28(24(25)31)13-10-26-8-11-27(12-9-26)16-6-4-5-7-17(16)32-2/h4-7,14H,8-13H2,1-3H3. The van der Waals surface area contributed by atoms with Gasteiger partial charge in [-0.15, -0.1) is 0 Å². The van der Waals surface area contributed by atoms with Gasteiger partial charge >= 0.3 is 11.7 Å². The van der Waals surface area contributed by atoms with Crippen LogP contribution in [0.15, 0.2) is 44.3 Å². The number of nitrogens with zero attached hydrogens (tertiary/aromatic N) is 4. The number of methoxy groups -OCH3 is 2. The lowest BCUT2D eigenvalue weighted by atomic mass is 10.1. The molecular formula is C24H26N4O6. The first-order valence-electron chi connectivity index (χ1n) is 11.1. The Hall–Kier alpha value is -3.79. The Labute approximate surface area is 194 Å². The van der Waals surface area contributed by atoms with Crippen molar-refractivity contribution >= 4 is 33.7 Å². The van der Waals surface area contributed by atoms with Gasteiger partial charge in [0.05, 0.1) is 19.9 Å². The number of aryl methyl sites for hydroxylation is 1. The van der Waals surface area contributed by atoms with Crippen molar-refractivity contribution < 1.29 is 18.7 Å². The van der Waals surface area contributed by atoms with Crippen LogP contribution in [-0.4, -0.2) is 66.9 Å². The summed E-state index contributed by atoms with van der Waals surface area (Å²) in [6.45, 7) is 4.02. The molecule has 4 aromatic rings. The van der Waals surface area contributed by atoms with Crippen molar-refractivity contribution in [1.29, 1.82) is 0 Å². The zero-order chi connectivity index (χ0) is 24.0. The normalized spacial score (nSPS) is 14.9. The lowest BCUT2D eigenvalue weighted by Crippen LogP contribution is -2.49. The van der Waals surface area contributed by atoms with Crippen molar-refractivity contribution in [3.63, 3.8) is 0 Å². The van der Waals surface area contributed by atoms with Crippen LogP contribution in [0.3, 0.4) is 0 Å². The first kappa shape index (κ1) is 22.0. The van der Waals surface area contributed by atoms with Gasteiger partial charge in [-0.2, -0.15) is 0 Å². The van der Waals surface area contributed by atoms with E-state index in [4.69, 9.17) is 13.9 Å². The number of carbonyl (C=O) groups is 1. The summed E-state index contributed by atoms with van der Waals surface area (Å²) < 4.78 is 18.6. The average Bonchev–Trinajstić information content (AvgIpc) is 3.47. The van der Waals surface area contributed by atoms with E-state index < -0.39 is 17.2 Å². The monoisotopic (exact) mass is 466 g/mol. The van der Waals surface area contributed by atoms with E-state index in [-0.39, 0.29) is 23.1 Å². The Morgan fingerprint density at radius 3 is 2.50 bits per heavy atom. The summed E-state index contributed by atoms with van der Waals surface area (Å²) in [5.41, 5.74) is 1.28. The number of rotatable bonds is 6. The minimum atomic E-state index is -0.580. The molecule has 10 nitrogen and oxygen atoms in total. The number of hydrogen-bond acceptors (Lipinski definition) is 8. The smallest absolute Gasteiger partial charge is 0.341 e. The minimum Gasteiger partial charge on any atom is -0.495 e. The van der Waals surface area contributed by atoms with E-state index in [1.165, 1.54) is 22.3 Å². The SMILES string of the molecule is COC(=O)c1cc2oc1c1c(=O)n(CCN3CCN(c4ccccc4OC)CC3)c(=O)n(C)c21. The Bertz CT molecular complexity index is 1470. The Kier molecular flexibility index (Phi) is 5.52. The molecular weight excluding hydrogens is 440 g/mol. The number of piperazine rings is 1. The van der Waals surface area contributed by atoms with Gasteiger partial charge in [-0.1, -0.05) is 12.1 Å². The van der Waals surface area contributed by atoms with Gasteiger partial charge in [0.25, 0.3) is 5.56 Å². The molecule has 0 aliphatic carbocycles. The number of anilines is 1. The lowest BCUT2D eigenvalue weighted by Gasteiger charge is -2.36. The van der Waals surface area contributed by atoms with Crippen molar-refractivity contribution in [2.45, 2.75) is 6.54 Å². The topological polar surface area (TPSA) is 99.2 Å². The minimum absolute atomic E-state index is 0.164. The zero-order valence-corrected chi connectivity index (χ0v) is 19.4. The van der Waals surface area contributed by atoms with E-state index in [0.717, 1.165) is 37.6 Å². The molecule has 0 radical (unpaired) electrons. The summed E-state index contributed by atoms with van der Waals surface area (Å²) >= 11 is 0. The van der Waals surface area contributed by atoms with Crippen LogP contribution >= 0.6 is 0 Å². The average molecular weight is 466 g/mol. The second kappa shape index (κ2) is 8.53. The molecule has 3 aromatic heterocycles. The van der Waals surface area contributed by atoms with Crippen molar-refractivity contribution in [1.82, 2.24) is 14.0 Å². The largest absolute Gasteiger partial charge is 0.495 e. The van der Waals surface area contributed by atoms with Crippen LogP contribution in [0.25, 0.3) is 22.1 Å². The second-order valence-electron chi connectivity index (χ2n) is 8.37. The van der Waals surface area contributed by atoms with Crippen LogP contribution < -0.4 is 20.9 Å². The van der Waals surface area contributed by atoms with Gasteiger partial charge in [0.2, 0.25) is 0 Å². The number of benzene rings is 2. The summed E-state index contributed by atoms with van der Waals surface area (Å²) in [5.74, 6) is 0.264. The Morgan fingerprint density at radius 1 is 1.06 bits per heavy atom. The molecule has 4 heterocycles. The highest BCUT2D eigenvalue weighted by molar-refractivity contribution is 6.14. The highest BCUT2D eigenvalue weighted by Gasteiger charge is 2.27. The van der Waals surface area contributed by atoms with Crippen LogP contribution in [0.5, 0.6) is 5.75 Å². The second-order valence-corrected chi connectivity index (χ2v) is 8.37. The van der Waals surface area contributed by atoms with Gasteiger partial charge in [0.1, 0.15) is 22.2 Å². The highest BCUT2D eigenvalue weighted by Crippen LogP contribution is 2.32. The van der Waals surface area contributed by atoms with Crippen molar-refractivity contribution in [3.8, 4) is 5.75 Å². The van der Waals surface area contributed by atoms with E-state index in [0.29, 0.717) is 17.6 Å². The third kappa shape index (κ3) is 3.41. The molecule has 1 aromatic carbocycles. The zero-order valence-electron chi connectivity index (χ0n) is 19.4. The van der Waals surface area contributed by atoms with Gasteiger partial charge in [-0.25, -0.2) is 9.59 Å². The van der Waals surface area contributed by atoms with Crippen molar-refractivity contribution in [2.75, 3.05) is 51.8 Å². The molecule has 0 saturated carbocycles. The number of carbonyl (C=O) groups excluding carboxylic acids is 1. The quantitative estimate of drug-likeness (QED) is 0.394. The molecule has 1 fully saturated rings. The van der Waals surface area contributed by atoms with Crippen LogP contribution in [0.1, 0.15) is 10.4 Å². The molecule has 0 atom stereocenters. The van der Waals surface area contributed by atoms with Crippen LogP contribution in [0, 0.1) is 0 Å². The molecule has 5 rings (SSSR count). The first-order chi connectivity index (χ1) is 16.4. The lowest BCUT2D eigenvalue weighted by molar-refractivity contribution is 0.0603. The molecule has 1 aliphatic rings. The number of para-hydroxylation sites is 2. The third-order valence-corrected chi connectivity index (χ3v) is 6.58. The fourth-order valence-electron chi connectivity index (χ4n) is 4.76. The highest BCUT2D eigenvalue weighted by atomic mass is 16.5. The molecule has 178 valence electrons. The molecule has 34 heavy (non-hydrogen) atoms. The number of fused-ring (bicyclic) bond motifs is 5. The molecule has 0 spiro atoms. The predicted octanol–water partition coefficient (Wildman–Crippen LogP) is 1.50. The number of aromatic nitrogens is 2. The Morgan fingerprint density at radius 2 is 1.79 bits per heavy atom. The molecule has 0 unspecified atom stereocenters. The summed E-state index contributed by atoms with van der Waals surface area (Å²) in [7, 11) is 4.54. The predicted molar refractivity (Wildman–Crippen MR) is 127 cm³/mol. The summed E-state index contributed by atoms with van der Waals surface area (Å²) in [6.07, 6.45) is 0. The Balaban J connectivity index is 1.36. The molecule has 0 N–H and O–H groups in total. The fourth-order valence-corrected chi connectivity index (χ4v) is 4.76. The third-order valence-electron chi connectivity index (χ3n) is 6.58. The molecule has 10 heteroatoms. The van der Waals surface area contributed by atoms with Gasteiger partial charge < -0.3 is 18.8 Å². The summed E-state index contributed by atoms with van der Waals surface area (Å²) in [4.78, 5) is 42.8. The van der Waals surface area contributed by atoms with Crippen molar-refractivity contribution in [3.05, 3.63) is 56.7 Å². The fraction of sp³-hybridized carbons (Fsp3) is 0.375. The maximum absolute atomic E-state index is 13.3. The van der Waals surface area contributed by atoms with E-state index in [1.54, 1.807) is 14.2 Å². The number of hydrogen-bond donors (Lipinski definition) is 0. The van der Waals surface area contributed by atoms with E-state index >= 15 is 0 Å². The maximum atomic E-state index is 13.3. The summed E-state index contributed by atoms with van der Waals surface area (Å²) in [5, 5.41) is 0.237. The molecule has 1 saturated heterocycles. The number of ether oxygens (including phenoxy) is 2. The molecule has 0 amide bonds. The molecule has 1 aliphatic heterocycles.